The molecule has 112 valence electrons. The van der Waals surface area contributed by atoms with Crippen molar-refractivity contribution >= 4 is 0 Å². The molecular formula is C15H21F3N2. The Labute approximate surface area is 117 Å². The Hall–Kier alpha value is -1.07. The number of hydrogen-bond acceptors (Lipinski definition) is 2. The van der Waals surface area contributed by atoms with Crippen LogP contribution in [-0.2, 0) is 0 Å². The Kier molecular flexibility index (Phi) is 5.05. The van der Waals surface area contributed by atoms with E-state index in [0.717, 1.165) is 50.9 Å². The number of nitrogens with two attached hydrogens (primary N) is 1. The predicted octanol–water partition coefficient (Wildman–Crippen LogP) is 3.37. The summed E-state index contributed by atoms with van der Waals surface area (Å²) in [6, 6.07) is 1.73. The van der Waals surface area contributed by atoms with Crippen LogP contribution < -0.4 is 5.73 Å². The number of hydrogen-bond donors (Lipinski definition) is 1. The van der Waals surface area contributed by atoms with E-state index in [1.165, 1.54) is 0 Å². The monoisotopic (exact) mass is 286 g/mol. The molecule has 1 aromatic carbocycles. The lowest BCUT2D eigenvalue weighted by molar-refractivity contribution is 0.184. The summed E-state index contributed by atoms with van der Waals surface area (Å²) in [4.78, 5) is 2.16. The van der Waals surface area contributed by atoms with Crippen LogP contribution in [0.25, 0.3) is 0 Å². The summed E-state index contributed by atoms with van der Waals surface area (Å²) in [6.45, 7) is 3.73. The first kappa shape index (κ1) is 15.3. The van der Waals surface area contributed by atoms with Gasteiger partial charge in [-0.25, -0.2) is 13.2 Å². The van der Waals surface area contributed by atoms with Crippen LogP contribution in [0.2, 0.25) is 0 Å². The number of rotatable bonds is 3. The molecule has 1 heterocycles. The lowest BCUT2D eigenvalue weighted by Gasteiger charge is -2.33. The van der Waals surface area contributed by atoms with Gasteiger partial charge in [0.2, 0.25) is 0 Å². The Morgan fingerprint density at radius 1 is 1.20 bits per heavy atom. The van der Waals surface area contributed by atoms with Crippen molar-refractivity contribution in [3.05, 3.63) is 35.1 Å². The van der Waals surface area contributed by atoms with Gasteiger partial charge >= 0.3 is 0 Å². The molecule has 2 N–H and O–H groups in total. The van der Waals surface area contributed by atoms with Crippen molar-refractivity contribution in [2.24, 2.45) is 5.73 Å². The molecule has 1 aromatic rings. The van der Waals surface area contributed by atoms with Gasteiger partial charge in [-0.2, -0.15) is 0 Å². The summed E-state index contributed by atoms with van der Waals surface area (Å²) in [5.74, 6) is -3.71. The molecule has 0 aliphatic carbocycles. The van der Waals surface area contributed by atoms with E-state index in [1.54, 1.807) is 0 Å². The molecule has 0 bridgehead atoms. The quantitative estimate of drug-likeness (QED) is 0.863. The van der Waals surface area contributed by atoms with Crippen molar-refractivity contribution in [3.8, 4) is 0 Å². The van der Waals surface area contributed by atoms with Gasteiger partial charge in [0.15, 0.2) is 17.5 Å². The van der Waals surface area contributed by atoms with Gasteiger partial charge in [0.25, 0.3) is 0 Å². The van der Waals surface area contributed by atoms with Crippen LogP contribution in [0.1, 0.15) is 44.2 Å². The SMILES string of the molecule is CCCN1CCCCC(N)C1c1cc(F)c(F)c(F)c1. The number of likely N-dealkylation sites (tertiary alicyclic amines) is 1. The molecule has 1 fully saturated rings. The van der Waals surface area contributed by atoms with Crippen LogP contribution in [0.3, 0.4) is 0 Å². The van der Waals surface area contributed by atoms with E-state index in [-0.39, 0.29) is 12.1 Å². The summed E-state index contributed by atoms with van der Waals surface area (Å²) >= 11 is 0. The highest BCUT2D eigenvalue weighted by Crippen LogP contribution is 2.31. The molecule has 0 spiro atoms. The molecule has 1 aliphatic rings. The molecule has 2 nitrogen and oxygen atoms in total. The summed E-state index contributed by atoms with van der Waals surface area (Å²) in [6.07, 6.45) is 3.78. The molecule has 1 saturated heterocycles. The Morgan fingerprint density at radius 2 is 1.85 bits per heavy atom. The third-order valence-electron chi connectivity index (χ3n) is 3.89. The molecule has 0 radical (unpaired) electrons. The van der Waals surface area contributed by atoms with Gasteiger partial charge in [0.1, 0.15) is 0 Å². The molecule has 20 heavy (non-hydrogen) atoms. The van der Waals surface area contributed by atoms with E-state index < -0.39 is 17.5 Å². The van der Waals surface area contributed by atoms with Gasteiger partial charge in [0, 0.05) is 6.04 Å². The lowest BCUT2D eigenvalue weighted by atomic mass is 9.96. The van der Waals surface area contributed by atoms with Crippen LogP contribution in [0.4, 0.5) is 13.2 Å². The van der Waals surface area contributed by atoms with Crippen LogP contribution >= 0.6 is 0 Å². The van der Waals surface area contributed by atoms with Crippen molar-refractivity contribution in [3.63, 3.8) is 0 Å². The second kappa shape index (κ2) is 6.59. The van der Waals surface area contributed by atoms with Crippen molar-refractivity contribution in [1.29, 1.82) is 0 Å². The lowest BCUT2D eigenvalue weighted by Crippen LogP contribution is -2.40. The zero-order valence-corrected chi connectivity index (χ0v) is 11.7. The fraction of sp³-hybridized carbons (Fsp3) is 0.600. The number of nitrogens with zero attached hydrogens (tertiary/aromatic N) is 1. The molecule has 2 atom stereocenters. The molecule has 1 aliphatic heterocycles. The van der Waals surface area contributed by atoms with Crippen LogP contribution in [0.15, 0.2) is 12.1 Å². The third-order valence-corrected chi connectivity index (χ3v) is 3.89. The fourth-order valence-corrected chi connectivity index (χ4v) is 3.00. The van der Waals surface area contributed by atoms with Gasteiger partial charge in [-0.15, -0.1) is 0 Å². The fourth-order valence-electron chi connectivity index (χ4n) is 3.00. The zero-order valence-electron chi connectivity index (χ0n) is 11.7. The summed E-state index contributed by atoms with van der Waals surface area (Å²) in [5, 5.41) is 0. The normalized spacial score (nSPS) is 24.6. The van der Waals surface area contributed by atoms with E-state index in [4.69, 9.17) is 5.73 Å². The second-order valence-corrected chi connectivity index (χ2v) is 5.44. The van der Waals surface area contributed by atoms with Gasteiger partial charge < -0.3 is 5.73 Å². The van der Waals surface area contributed by atoms with E-state index in [1.807, 2.05) is 0 Å². The maximum Gasteiger partial charge on any atom is 0.194 e. The topological polar surface area (TPSA) is 29.3 Å². The van der Waals surface area contributed by atoms with Gasteiger partial charge in [-0.1, -0.05) is 13.3 Å². The summed E-state index contributed by atoms with van der Waals surface area (Å²) in [5.41, 5.74) is 6.62. The average molecular weight is 286 g/mol. The van der Waals surface area contributed by atoms with Gasteiger partial charge in [0.05, 0.1) is 6.04 Å². The molecular weight excluding hydrogens is 265 g/mol. The van der Waals surface area contributed by atoms with Crippen molar-refractivity contribution in [2.75, 3.05) is 13.1 Å². The first-order chi connectivity index (χ1) is 9.54. The molecule has 0 amide bonds. The number of benzene rings is 1. The van der Waals surface area contributed by atoms with Crippen LogP contribution in [0, 0.1) is 17.5 Å². The predicted molar refractivity (Wildman–Crippen MR) is 72.7 cm³/mol. The highest BCUT2D eigenvalue weighted by atomic mass is 19.2. The largest absolute Gasteiger partial charge is 0.326 e. The summed E-state index contributed by atoms with van der Waals surface area (Å²) < 4.78 is 40.0. The van der Waals surface area contributed by atoms with E-state index in [2.05, 4.69) is 11.8 Å². The minimum absolute atomic E-state index is 0.187. The molecule has 2 unspecified atom stereocenters. The second-order valence-electron chi connectivity index (χ2n) is 5.44. The Balaban J connectivity index is 2.38. The first-order valence-corrected chi connectivity index (χ1v) is 7.18. The third kappa shape index (κ3) is 3.15. The molecule has 5 heteroatoms. The molecule has 2 rings (SSSR count). The Bertz CT molecular complexity index is 441. The molecule has 0 aromatic heterocycles. The first-order valence-electron chi connectivity index (χ1n) is 7.18. The minimum atomic E-state index is -1.42. The molecule has 0 saturated carbocycles. The van der Waals surface area contributed by atoms with E-state index in [9.17, 15) is 13.2 Å². The standard InChI is InChI=1S/C15H21F3N2/c1-2-6-20-7-4-3-5-13(19)15(20)10-8-11(16)14(18)12(17)9-10/h8-9,13,15H,2-7,19H2,1H3. The highest BCUT2D eigenvalue weighted by Gasteiger charge is 2.29. The van der Waals surface area contributed by atoms with Crippen LogP contribution in [0.5, 0.6) is 0 Å². The highest BCUT2D eigenvalue weighted by molar-refractivity contribution is 5.24. The van der Waals surface area contributed by atoms with Gasteiger partial charge in [-0.3, -0.25) is 4.90 Å². The maximum atomic E-state index is 13.5. The smallest absolute Gasteiger partial charge is 0.194 e. The minimum Gasteiger partial charge on any atom is -0.326 e. The maximum absolute atomic E-state index is 13.5. The van der Waals surface area contributed by atoms with E-state index in [0.29, 0.717) is 5.56 Å². The van der Waals surface area contributed by atoms with Crippen molar-refractivity contribution in [2.45, 2.75) is 44.7 Å². The number of halogens is 3. The van der Waals surface area contributed by atoms with Gasteiger partial charge in [-0.05, 0) is 50.0 Å². The average Bonchev–Trinajstić information content (AvgIpc) is 2.58. The van der Waals surface area contributed by atoms with Crippen molar-refractivity contribution in [1.82, 2.24) is 4.90 Å². The summed E-state index contributed by atoms with van der Waals surface area (Å²) in [7, 11) is 0. The van der Waals surface area contributed by atoms with Crippen LogP contribution in [-0.4, -0.2) is 24.0 Å². The van der Waals surface area contributed by atoms with Crippen molar-refractivity contribution < 1.29 is 13.2 Å². The van der Waals surface area contributed by atoms with E-state index >= 15 is 0 Å². The zero-order chi connectivity index (χ0) is 14.7. The Morgan fingerprint density at radius 3 is 2.45 bits per heavy atom.